The summed E-state index contributed by atoms with van der Waals surface area (Å²) in [7, 11) is -2.50. The number of halogens is 1. The van der Waals surface area contributed by atoms with Crippen molar-refractivity contribution in [3.8, 4) is 0 Å². The minimum atomic E-state index is -2.50. The SMILES string of the molecule is CC(C)(C)[Si](OC[C@H]1CCN2CC[C@H](CI)NC2=N1)(c1ccccc1)c1ccccc1. The van der Waals surface area contributed by atoms with Gasteiger partial charge in [0, 0.05) is 23.6 Å². The number of alkyl halides is 1. The van der Waals surface area contributed by atoms with Crippen molar-refractivity contribution in [2.75, 3.05) is 24.1 Å². The molecule has 2 aromatic rings. The predicted octanol–water partition coefficient (Wildman–Crippen LogP) is 3.79. The van der Waals surface area contributed by atoms with Crippen LogP contribution in [0.15, 0.2) is 65.7 Å². The van der Waals surface area contributed by atoms with Gasteiger partial charge in [-0.15, -0.1) is 0 Å². The lowest BCUT2D eigenvalue weighted by Crippen LogP contribution is -2.67. The van der Waals surface area contributed by atoms with Crippen molar-refractivity contribution in [2.45, 2.75) is 50.7 Å². The highest BCUT2D eigenvalue weighted by Crippen LogP contribution is 2.37. The van der Waals surface area contributed by atoms with E-state index >= 15 is 0 Å². The summed E-state index contributed by atoms with van der Waals surface area (Å²) in [5.74, 6) is 1.08. The third-order valence-corrected chi connectivity index (χ3v) is 12.6. The third-order valence-electron chi connectivity index (χ3n) is 6.51. The number of nitrogens with one attached hydrogen (secondary N) is 1. The van der Waals surface area contributed by atoms with Crippen LogP contribution >= 0.6 is 22.6 Å². The molecule has 0 aromatic heterocycles. The van der Waals surface area contributed by atoms with Crippen molar-refractivity contribution in [3.63, 3.8) is 0 Å². The van der Waals surface area contributed by atoms with Gasteiger partial charge in [-0.2, -0.15) is 0 Å². The first-order chi connectivity index (χ1) is 14.9. The normalized spacial score (nSPS) is 21.8. The molecule has 0 bridgehead atoms. The van der Waals surface area contributed by atoms with Gasteiger partial charge in [0.05, 0.1) is 12.6 Å². The number of hydrogen-bond acceptors (Lipinski definition) is 4. The van der Waals surface area contributed by atoms with E-state index in [2.05, 4.69) is 114 Å². The molecule has 4 nitrogen and oxygen atoms in total. The summed E-state index contributed by atoms with van der Waals surface area (Å²) in [4.78, 5) is 7.50. The Hall–Kier alpha value is -1.38. The van der Waals surface area contributed by atoms with E-state index < -0.39 is 8.32 Å². The van der Waals surface area contributed by atoms with Gasteiger partial charge in [-0.25, -0.2) is 4.99 Å². The van der Waals surface area contributed by atoms with E-state index in [1.807, 2.05) is 0 Å². The Morgan fingerprint density at radius 3 is 2.13 bits per heavy atom. The number of nitrogens with zero attached hydrogens (tertiary/aromatic N) is 2. The fourth-order valence-corrected chi connectivity index (χ4v) is 10.1. The molecule has 0 amide bonds. The van der Waals surface area contributed by atoms with Crippen molar-refractivity contribution in [3.05, 3.63) is 60.7 Å². The van der Waals surface area contributed by atoms with Gasteiger partial charge in [0.1, 0.15) is 0 Å². The Balaban J connectivity index is 1.65. The molecule has 2 heterocycles. The molecule has 31 heavy (non-hydrogen) atoms. The lowest BCUT2D eigenvalue weighted by atomic mass is 10.1. The lowest BCUT2D eigenvalue weighted by Gasteiger charge is -2.44. The third kappa shape index (κ3) is 4.71. The number of aliphatic imine (C=N–C) groups is 1. The number of guanidine groups is 1. The van der Waals surface area contributed by atoms with Crippen molar-refractivity contribution < 1.29 is 4.43 Å². The Morgan fingerprint density at radius 2 is 1.58 bits per heavy atom. The zero-order valence-corrected chi connectivity index (χ0v) is 22.0. The molecule has 2 atom stereocenters. The molecule has 0 spiro atoms. The van der Waals surface area contributed by atoms with Crippen LogP contribution in [0.3, 0.4) is 0 Å². The monoisotopic (exact) mass is 547 g/mol. The molecule has 0 unspecified atom stereocenters. The first-order valence-electron chi connectivity index (χ1n) is 11.3. The highest BCUT2D eigenvalue weighted by Gasteiger charge is 2.50. The van der Waals surface area contributed by atoms with Crippen LogP contribution in [0.1, 0.15) is 33.6 Å². The van der Waals surface area contributed by atoms with Gasteiger partial charge in [0.2, 0.25) is 0 Å². The zero-order valence-electron chi connectivity index (χ0n) is 18.9. The molecular weight excluding hydrogens is 513 g/mol. The van der Waals surface area contributed by atoms with Crippen LogP contribution in [-0.2, 0) is 4.43 Å². The van der Waals surface area contributed by atoms with Crippen LogP contribution in [0.5, 0.6) is 0 Å². The van der Waals surface area contributed by atoms with E-state index in [-0.39, 0.29) is 11.1 Å². The van der Waals surface area contributed by atoms with Crippen molar-refractivity contribution in [2.24, 2.45) is 4.99 Å². The molecular formula is C25H34IN3OSi. The van der Waals surface area contributed by atoms with Gasteiger partial charge in [-0.3, -0.25) is 0 Å². The van der Waals surface area contributed by atoms with E-state index in [4.69, 9.17) is 9.42 Å². The summed E-state index contributed by atoms with van der Waals surface area (Å²) in [6.45, 7) is 9.85. The quantitative estimate of drug-likeness (QED) is 0.340. The molecule has 6 heteroatoms. The smallest absolute Gasteiger partial charge is 0.261 e. The van der Waals surface area contributed by atoms with Crippen LogP contribution in [0.2, 0.25) is 5.04 Å². The summed E-state index contributed by atoms with van der Waals surface area (Å²) in [6.07, 6.45) is 2.25. The van der Waals surface area contributed by atoms with E-state index in [1.165, 1.54) is 16.8 Å². The summed E-state index contributed by atoms with van der Waals surface area (Å²) in [5.41, 5.74) is 0. The fourth-order valence-electron chi connectivity index (χ4n) is 4.86. The fraction of sp³-hybridized carbons (Fsp3) is 0.480. The maximum atomic E-state index is 7.12. The summed E-state index contributed by atoms with van der Waals surface area (Å²) >= 11 is 2.47. The maximum absolute atomic E-state index is 7.12. The number of rotatable bonds is 6. The van der Waals surface area contributed by atoms with E-state index in [9.17, 15) is 0 Å². The van der Waals surface area contributed by atoms with Crippen LogP contribution in [-0.4, -0.2) is 55.4 Å². The predicted molar refractivity (Wildman–Crippen MR) is 141 cm³/mol. The number of fused-ring (bicyclic) bond motifs is 1. The average Bonchev–Trinajstić information content (AvgIpc) is 2.79. The molecule has 0 radical (unpaired) electrons. The van der Waals surface area contributed by atoms with Crippen molar-refractivity contribution >= 4 is 47.2 Å². The first-order valence-corrected chi connectivity index (χ1v) is 14.8. The molecule has 2 aliphatic rings. The van der Waals surface area contributed by atoms with Crippen LogP contribution in [0.25, 0.3) is 0 Å². The van der Waals surface area contributed by atoms with E-state index in [1.54, 1.807) is 0 Å². The van der Waals surface area contributed by atoms with Gasteiger partial charge in [0.15, 0.2) is 5.96 Å². The molecule has 0 saturated carbocycles. The molecule has 4 rings (SSSR count). The van der Waals surface area contributed by atoms with Crippen molar-refractivity contribution in [1.29, 1.82) is 0 Å². The minimum absolute atomic E-state index is 0.00105. The summed E-state index contributed by atoms with van der Waals surface area (Å²) in [5, 5.41) is 6.31. The van der Waals surface area contributed by atoms with E-state index in [0.717, 1.165) is 29.9 Å². The Labute approximate surface area is 201 Å². The second-order valence-electron chi connectivity index (χ2n) is 9.64. The highest BCUT2D eigenvalue weighted by atomic mass is 127. The summed E-state index contributed by atoms with van der Waals surface area (Å²) in [6, 6.07) is 22.5. The molecule has 1 N–H and O–H groups in total. The van der Waals surface area contributed by atoms with E-state index in [0.29, 0.717) is 12.6 Å². The Kier molecular flexibility index (Phi) is 7.08. The second kappa shape index (κ2) is 9.63. The van der Waals surface area contributed by atoms with Gasteiger partial charge in [-0.05, 0) is 28.3 Å². The van der Waals surface area contributed by atoms with Crippen molar-refractivity contribution in [1.82, 2.24) is 10.2 Å². The minimum Gasteiger partial charge on any atom is -0.405 e. The average molecular weight is 548 g/mol. The lowest BCUT2D eigenvalue weighted by molar-refractivity contribution is 0.233. The Bertz CT molecular complexity index is 845. The Morgan fingerprint density at radius 1 is 1.00 bits per heavy atom. The topological polar surface area (TPSA) is 36.9 Å². The largest absolute Gasteiger partial charge is 0.405 e. The van der Waals surface area contributed by atoms with Gasteiger partial charge in [-0.1, -0.05) is 104 Å². The standard InChI is InChI=1S/C25H34IN3OSi/c1-25(2,3)31(22-10-6-4-7-11-22,23-12-8-5-9-13-23)30-19-21-15-17-29-16-14-20(18-26)27-24(29)28-21/h4-13,20-21H,14-19H2,1-3H3,(H,27,28)/t20-,21-/m1/s1. The highest BCUT2D eigenvalue weighted by molar-refractivity contribution is 14.1. The second-order valence-corrected chi connectivity index (χ2v) is 14.8. The molecule has 0 aliphatic carbocycles. The molecule has 1 fully saturated rings. The molecule has 2 aromatic carbocycles. The zero-order chi connectivity index (χ0) is 21.9. The van der Waals surface area contributed by atoms with Crippen LogP contribution in [0.4, 0.5) is 0 Å². The van der Waals surface area contributed by atoms with Gasteiger partial charge in [0.25, 0.3) is 8.32 Å². The molecule has 166 valence electrons. The van der Waals surface area contributed by atoms with Crippen LogP contribution < -0.4 is 15.7 Å². The first kappa shape index (κ1) is 22.8. The van der Waals surface area contributed by atoms with Gasteiger partial charge >= 0.3 is 0 Å². The van der Waals surface area contributed by atoms with Gasteiger partial charge < -0.3 is 14.6 Å². The maximum Gasteiger partial charge on any atom is 0.261 e. The number of benzene rings is 2. The summed E-state index contributed by atoms with van der Waals surface area (Å²) < 4.78 is 8.24. The number of hydrogen-bond donors (Lipinski definition) is 1. The molecule has 1 saturated heterocycles. The molecule has 2 aliphatic heterocycles. The van der Waals surface area contributed by atoms with Crippen LogP contribution in [0, 0.1) is 0 Å².